The third kappa shape index (κ3) is 4.38. The first kappa shape index (κ1) is 20.5. The number of Topliss-reactive ketones (excluding diaryl/α,β-unsaturated/α-hetero) is 1. The Kier molecular flexibility index (Phi) is 5.89. The zero-order valence-electron chi connectivity index (χ0n) is 17.4. The minimum absolute atomic E-state index is 0.0438. The summed E-state index contributed by atoms with van der Waals surface area (Å²) in [6.07, 6.45) is 0.703. The molecule has 0 unspecified atom stereocenters. The number of benzene rings is 3. The van der Waals surface area contributed by atoms with Crippen LogP contribution in [0.1, 0.15) is 27.0 Å². The first-order valence-electron chi connectivity index (χ1n) is 9.94. The molecule has 0 radical (unpaired) electrons. The van der Waals surface area contributed by atoms with Gasteiger partial charge in [0.05, 0.1) is 14.2 Å². The van der Waals surface area contributed by atoms with Gasteiger partial charge in [-0.15, -0.1) is 0 Å². The van der Waals surface area contributed by atoms with Gasteiger partial charge in [-0.25, -0.2) is 0 Å². The van der Waals surface area contributed by atoms with Gasteiger partial charge in [-0.1, -0.05) is 24.3 Å². The van der Waals surface area contributed by atoms with Gasteiger partial charge < -0.3 is 19.3 Å². The van der Waals surface area contributed by atoms with Crippen LogP contribution in [-0.4, -0.2) is 37.4 Å². The smallest absolute Gasteiger partial charge is 0.211 e. The number of phenols is 1. The second-order valence-electron chi connectivity index (χ2n) is 7.16. The molecular formula is C25H23NO5. The summed E-state index contributed by atoms with van der Waals surface area (Å²) in [4.78, 5) is 17.5. The van der Waals surface area contributed by atoms with Crippen LogP contribution in [0.15, 0.2) is 65.7 Å². The number of rotatable bonds is 7. The summed E-state index contributed by atoms with van der Waals surface area (Å²) in [6, 6.07) is 17.7. The van der Waals surface area contributed by atoms with Crippen LogP contribution < -0.4 is 14.2 Å². The number of hydrogen-bond acceptors (Lipinski definition) is 6. The second kappa shape index (κ2) is 8.92. The van der Waals surface area contributed by atoms with Crippen LogP contribution in [0.3, 0.4) is 0 Å². The maximum Gasteiger partial charge on any atom is 0.211 e. The van der Waals surface area contributed by atoms with E-state index in [1.165, 1.54) is 12.1 Å². The Morgan fingerprint density at radius 3 is 2.52 bits per heavy atom. The third-order valence-electron chi connectivity index (χ3n) is 5.17. The molecule has 0 saturated heterocycles. The quantitative estimate of drug-likeness (QED) is 0.583. The molecule has 1 N–H and O–H groups in total. The van der Waals surface area contributed by atoms with Crippen molar-refractivity contribution in [1.29, 1.82) is 0 Å². The summed E-state index contributed by atoms with van der Waals surface area (Å²) in [6.45, 7) is 0.888. The summed E-state index contributed by atoms with van der Waals surface area (Å²) in [5.74, 6) is 1.75. The summed E-state index contributed by atoms with van der Waals surface area (Å²) in [7, 11) is 3.20. The van der Waals surface area contributed by atoms with Crippen molar-refractivity contribution < 1.29 is 24.1 Å². The van der Waals surface area contributed by atoms with Crippen LogP contribution in [0.2, 0.25) is 0 Å². The summed E-state index contributed by atoms with van der Waals surface area (Å²) < 4.78 is 16.7. The molecule has 0 atom stereocenters. The Balaban J connectivity index is 1.60. The predicted molar refractivity (Wildman–Crippen MR) is 118 cm³/mol. The Morgan fingerprint density at radius 2 is 1.81 bits per heavy atom. The van der Waals surface area contributed by atoms with Crippen LogP contribution in [0.5, 0.6) is 23.0 Å². The highest BCUT2D eigenvalue weighted by molar-refractivity contribution is 6.52. The first-order valence-corrected chi connectivity index (χ1v) is 9.94. The van der Waals surface area contributed by atoms with E-state index in [1.807, 2.05) is 30.3 Å². The van der Waals surface area contributed by atoms with Gasteiger partial charge in [0.15, 0.2) is 11.5 Å². The summed E-state index contributed by atoms with van der Waals surface area (Å²) in [5, 5.41) is 9.72. The molecule has 6 nitrogen and oxygen atoms in total. The van der Waals surface area contributed by atoms with Crippen LogP contribution >= 0.6 is 0 Å². The van der Waals surface area contributed by atoms with Crippen molar-refractivity contribution in [3.05, 3.63) is 82.9 Å². The van der Waals surface area contributed by atoms with Gasteiger partial charge in [-0.3, -0.25) is 9.79 Å². The number of phenolic OH excluding ortho intramolecular Hbond substituents is 1. The zero-order chi connectivity index (χ0) is 21.8. The number of methoxy groups -OCH3 is 2. The van der Waals surface area contributed by atoms with Gasteiger partial charge in [-0.2, -0.15) is 0 Å². The number of ether oxygens (including phenoxy) is 3. The molecule has 0 fully saturated rings. The van der Waals surface area contributed by atoms with Crippen LogP contribution in [0, 0.1) is 0 Å². The molecule has 4 rings (SSSR count). The fourth-order valence-electron chi connectivity index (χ4n) is 3.54. The van der Waals surface area contributed by atoms with Crippen LogP contribution in [0.4, 0.5) is 0 Å². The maximum absolute atomic E-state index is 13.0. The van der Waals surface area contributed by atoms with Gasteiger partial charge in [0, 0.05) is 17.7 Å². The molecule has 3 aromatic rings. The molecule has 3 aromatic carbocycles. The van der Waals surface area contributed by atoms with Crippen molar-refractivity contribution in [2.75, 3.05) is 20.8 Å². The lowest BCUT2D eigenvalue weighted by Crippen LogP contribution is -2.22. The van der Waals surface area contributed by atoms with E-state index < -0.39 is 0 Å². The SMILES string of the molecule is COc1ccc(COc2cc3c(cc2OC)C(C(=O)c2cccc(O)c2)=NCC3)cc1. The highest BCUT2D eigenvalue weighted by atomic mass is 16.5. The summed E-state index contributed by atoms with van der Waals surface area (Å²) in [5.41, 5.74) is 3.47. The Labute approximate surface area is 180 Å². The Hall–Kier alpha value is -3.80. The Bertz CT molecular complexity index is 1140. The maximum atomic E-state index is 13.0. The normalized spacial score (nSPS) is 12.5. The van der Waals surface area contributed by atoms with Crippen molar-refractivity contribution in [1.82, 2.24) is 0 Å². The largest absolute Gasteiger partial charge is 0.508 e. The van der Waals surface area contributed by atoms with Crippen molar-refractivity contribution in [2.24, 2.45) is 4.99 Å². The van der Waals surface area contributed by atoms with Gasteiger partial charge in [0.25, 0.3) is 0 Å². The van der Waals surface area contributed by atoms with Crippen molar-refractivity contribution in [3.63, 3.8) is 0 Å². The molecule has 0 spiro atoms. The van der Waals surface area contributed by atoms with Gasteiger partial charge in [-0.05, 0) is 53.9 Å². The average Bonchev–Trinajstić information content (AvgIpc) is 2.81. The molecule has 0 amide bonds. The van der Waals surface area contributed by atoms with Crippen molar-refractivity contribution in [3.8, 4) is 23.0 Å². The third-order valence-corrected chi connectivity index (χ3v) is 5.17. The standard InChI is InChI=1S/C25H23NO5/c1-29-20-8-6-16(7-9-20)15-31-23-13-17-10-11-26-24(21(17)14-22(23)30-2)25(28)18-4-3-5-19(27)12-18/h3-9,12-14,27H,10-11,15H2,1-2H3. The molecule has 0 aromatic heterocycles. The van der Waals surface area contributed by atoms with E-state index in [9.17, 15) is 9.90 Å². The molecule has 0 aliphatic carbocycles. The molecule has 1 heterocycles. The van der Waals surface area contributed by atoms with Gasteiger partial charge in [0.1, 0.15) is 23.8 Å². The lowest BCUT2D eigenvalue weighted by molar-refractivity contribution is 0.106. The molecule has 0 saturated carbocycles. The minimum atomic E-state index is -0.231. The second-order valence-corrected chi connectivity index (χ2v) is 7.16. The number of hydrogen-bond donors (Lipinski definition) is 1. The highest BCUT2D eigenvalue weighted by Crippen LogP contribution is 2.34. The van der Waals surface area contributed by atoms with Crippen molar-refractivity contribution in [2.45, 2.75) is 13.0 Å². The minimum Gasteiger partial charge on any atom is -0.508 e. The molecular weight excluding hydrogens is 394 g/mol. The fraction of sp³-hybridized carbons (Fsp3) is 0.200. The zero-order valence-corrected chi connectivity index (χ0v) is 17.4. The lowest BCUT2D eigenvalue weighted by atomic mass is 9.92. The van der Waals surface area contributed by atoms with E-state index in [-0.39, 0.29) is 11.5 Å². The van der Waals surface area contributed by atoms with Gasteiger partial charge in [0.2, 0.25) is 5.78 Å². The first-order chi connectivity index (χ1) is 15.1. The summed E-state index contributed by atoms with van der Waals surface area (Å²) >= 11 is 0. The number of carbonyl (C=O) groups is 1. The molecule has 1 aliphatic rings. The molecule has 0 bridgehead atoms. The fourth-order valence-corrected chi connectivity index (χ4v) is 3.54. The van der Waals surface area contributed by atoms with Crippen molar-refractivity contribution >= 4 is 11.5 Å². The number of fused-ring (bicyclic) bond motifs is 1. The predicted octanol–water partition coefficient (Wildman–Crippen LogP) is 4.22. The van der Waals surface area contributed by atoms with E-state index in [2.05, 4.69) is 4.99 Å². The van der Waals surface area contributed by atoms with Gasteiger partial charge >= 0.3 is 0 Å². The molecule has 1 aliphatic heterocycles. The number of aromatic hydroxyl groups is 1. The van der Waals surface area contributed by atoms with E-state index >= 15 is 0 Å². The number of nitrogens with zero attached hydrogens (tertiary/aromatic N) is 1. The number of aliphatic imine (C=N–C) groups is 1. The molecule has 31 heavy (non-hydrogen) atoms. The topological polar surface area (TPSA) is 77.4 Å². The lowest BCUT2D eigenvalue weighted by Gasteiger charge is -2.20. The van der Waals surface area contributed by atoms with E-state index in [0.717, 1.165) is 22.4 Å². The van der Waals surface area contributed by atoms with E-state index in [4.69, 9.17) is 14.2 Å². The molecule has 6 heteroatoms. The molecule has 158 valence electrons. The van der Waals surface area contributed by atoms with E-state index in [1.54, 1.807) is 32.4 Å². The average molecular weight is 417 g/mol. The monoisotopic (exact) mass is 417 g/mol. The number of ketones is 1. The van der Waals surface area contributed by atoms with E-state index in [0.29, 0.717) is 42.3 Å². The van der Waals surface area contributed by atoms with Crippen LogP contribution in [-0.2, 0) is 13.0 Å². The number of carbonyl (C=O) groups excluding carboxylic acids is 1. The Morgan fingerprint density at radius 1 is 1.00 bits per heavy atom. The highest BCUT2D eigenvalue weighted by Gasteiger charge is 2.24. The van der Waals surface area contributed by atoms with Crippen LogP contribution in [0.25, 0.3) is 0 Å².